The van der Waals surface area contributed by atoms with E-state index in [0.29, 0.717) is 18.8 Å². The van der Waals surface area contributed by atoms with Gasteiger partial charge in [-0.15, -0.1) is 0 Å². The Morgan fingerprint density at radius 2 is 1.86 bits per heavy atom. The number of carbonyl (C=O) groups is 5. The molecule has 1 fully saturated rings. The summed E-state index contributed by atoms with van der Waals surface area (Å²) in [5.74, 6) is -2.11. The van der Waals surface area contributed by atoms with Crippen LogP contribution in [-0.4, -0.2) is 53.6 Å². The van der Waals surface area contributed by atoms with Gasteiger partial charge in [0, 0.05) is 32.1 Å². The van der Waals surface area contributed by atoms with Crippen LogP contribution in [0, 0.1) is 0 Å². The highest BCUT2D eigenvalue weighted by molar-refractivity contribution is 6.25. The van der Waals surface area contributed by atoms with Crippen LogP contribution in [0.3, 0.4) is 0 Å². The Hall–Kier alpha value is -3.23. The lowest BCUT2D eigenvalue weighted by molar-refractivity contribution is -0.136. The number of nitrogens with one attached hydrogen (secondary N) is 3. The Labute approximate surface area is 168 Å². The van der Waals surface area contributed by atoms with Gasteiger partial charge in [-0.3, -0.25) is 34.2 Å². The van der Waals surface area contributed by atoms with E-state index in [9.17, 15) is 24.0 Å². The van der Waals surface area contributed by atoms with Gasteiger partial charge in [-0.1, -0.05) is 6.07 Å². The molecule has 2 heterocycles. The largest absolute Gasteiger partial charge is 0.384 e. The van der Waals surface area contributed by atoms with Gasteiger partial charge in [-0.25, -0.2) is 0 Å². The van der Waals surface area contributed by atoms with Crippen LogP contribution in [-0.2, 0) is 14.4 Å². The molecular formula is C20H24N4O5. The first kappa shape index (κ1) is 20.5. The van der Waals surface area contributed by atoms with E-state index in [1.807, 2.05) is 0 Å². The molecule has 0 aliphatic carbocycles. The lowest BCUT2D eigenvalue weighted by atomic mass is 10.0. The average Bonchev–Trinajstić information content (AvgIpc) is 2.92. The predicted octanol–water partition coefficient (Wildman–Crippen LogP) is 0.806. The van der Waals surface area contributed by atoms with E-state index in [-0.39, 0.29) is 29.9 Å². The highest BCUT2D eigenvalue weighted by Crippen LogP contribution is 2.32. The summed E-state index contributed by atoms with van der Waals surface area (Å²) in [4.78, 5) is 61.0. The molecule has 0 saturated carbocycles. The fraction of sp³-hybridized carbons (Fsp3) is 0.450. The fourth-order valence-electron chi connectivity index (χ4n) is 3.58. The van der Waals surface area contributed by atoms with Crippen LogP contribution in [0.2, 0.25) is 0 Å². The SMILES string of the molecule is CC(=O)NCCCCCNc1cccc2c1C(=O)N(C1CCC(=O)NC1=O)C2=O. The minimum absolute atomic E-state index is 0.0493. The number of piperidine rings is 1. The number of anilines is 1. The normalized spacial score (nSPS) is 18.5. The lowest BCUT2D eigenvalue weighted by Gasteiger charge is -2.27. The molecule has 9 nitrogen and oxygen atoms in total. The van der Waals surface area contributed by atoms with Crippen LogP contribution in [0.1, 0.15) is 59.7 Å². The maximum atomic E-state index is 13.0. The van der Waals surface area contributed by atoms with Gasteiger partial charge in [0.15, 0.2) is 0 Å². The molecule has 0 aromatic heterocycles. The Bertz CT molecular complexity index is 866. The van der Waals surface area contributed by atoms with Crippen molar-refractivity contribution in [1.82, 2.24) is 15.5 Å². The van der Waals surface area contributed by atoms with Crippen LogP contribution >= 0.6 is 0 Å². The maximum absolute atomic E-state index is 13.0. The molecule has 2 aliphatic heterocycles. The van der Waals surface area contributed by atoms with E-state index >= 15 is 0 Å². The minimum Gasteiger partial charge on any atom is -0.384 e. The third-order valence-electron chi connectivity index (χ3n) is 5.01. The van der Waals surface area contributed by atoms with Crippen molar-refractivity contribution < 1.29 is 24.0 Å². The van der Waals surface area contributed by atoms with Crippen LogP contribution < -0.4 is 16.0 Å². The zero-order chi connectivity index (χ0) is 21.0. The summed E-state index contributed by atoms with van der Waals surface area (Å²) < 4.78 is 0. The van der Waals surface area contributed by atoms with Gasteiger partial charge in [0.1, 0.15) is 6.04 Å². The van der Waals surface area contributed by atoms with Crippen molar-refractivity contribution >= 4 is 35.2 Å². The third kappa shape index (κ3) is 4.44. The van der Waals surface area contributed by atoms with E-state index in [4.69, 9.17) is 0 Å². The summed E-state index contributed by atoms with van der Waals surface area (Å²) in [6, 6.07) is 4.02. The van der Waals surface area contributed by atoms with Crippen molar-refractivity contribution in [3.05, 3.63) is 29.3 Å². The molecule has 1 unspecified atom stereocenters. The van der Waals surface area contributed by atoms with Crippen molar-refractivity contribution in [1.29, 1.82) is 0 Å². The fourth-order valence-corrected chi connectivity index (χ4v) is 3.58. The molecule has 154 valence electrons. The number of imide groups is 2. The summed E-state index contributed by atoms with van der Waals surface area (Å²) in [7, 11) is 0. The standard InChI is InChI=1S/C20H24N4O5/c1-12(25)21-10-3-2-4-11-22-14-7-5-6-13-17(14)20(29)24(19(13)28)15-8-9-16(26)23-18(15)27/h5-7,15,22H,2-4,8-11H2,1H3,(H,21,25)(H,23,26,27). The number of carbonyl (C=O) groups excluding carboxylic acids is 5. The number of unbranched alkanes of at least 4 members (excludes halogenated alkanes) is 2. The Morgan fingerprint density at radius 1 is 1.10 bits per heavy atom. The molecule has 2 aliphatic rings. The monoisotopic (exact) mass is 400 g/mol. The van der Waals surface area contributed by atoms with Gasteiger partial charge >= 0.3 is 0 Å². The number of fused-ring (bicyclic) bond motifs is 1. The molecule has 3 N–H and O–H groups in total. The summed E-state index contributed by atoms with van der Waals surface area (Å²) in [6.07, 6.45) is 2.81. The first-order valence-corrected chi connectivity index (χ1v) is 9.73. The number of amides is 5. The van der Waals surface area contributed by atoms with Crippen molar-refractivity contribution in [2.75, 3.05) is 18.4 Å². The third-order valence-corrected chi connectivity index (χ3v) is 5.01. The van der Waals surface area contributed by atoms with Gasteiger partial charge in [-0.05, 0) is 37.8 Å². The van der Waals surface area contributed by atoms with Crippen molar-refractivity contribution in [3.63, 3.8) is 0 Å². The van der Waals surface area contributed by atoms with Gasteiger partial charge in [0.05, 0.1) is 11.1 Å². The number of hydrogen-bond acceptors (Lipinski definition) is 6. The molecule has 1 aromatic rings. The van der Waals surface area contributed by atoms with Crippen molar-refractivity contribution in [3.8, 4) is 0 Å². The topological polar surface area (TPSA) is 125 Å². The quantitative estimate of drug-likeness (QED) is 0.438. The smallest absolute Gasteiger partial charge is 0.264 e. The first-order chi connectivity index (χ1) is 13.9. The Morgan fingerprint density at radius 3 is 2.59 bits per heavy atom. The van der Waals surface area contributed by atoms with E-state index in [1.165, 1.54) is 6.92 Å². The average molecular weight is 400 g/mol. The van der Waals surface area contributed by atoms with E-state index in [0.717, 1.165) is 24.2 Å². The second-order valence-corrected chi connectivity index (χ2v) is 7.15. The summed E-state index contributed by atoms with van der Waals surface area (Å²) in [6.45, 7) is 2.72. The minimum atomic E-state index is -0.971. The van der Waals surface area contributed by atoms with Crippen LogP contribution in [0.15, 0.2) is 18.2 Å². The molecule has 0 spiro atoms. The zero-order valence-electron chi connectivity index (χ0n) is 16.2. The molecule has 9 heteroatoms. The zero-order valence-corrected chi connectivity index (χ0v) is 16.2. The maximum Gasteiger partial charge on any atom is 0.264 e. The van der Waals surface area contributed by atoms with E-state index < -0.39 is 29.7 Å². The molecule has 1 saturated heterocycles. The van der Waals surface area contributed by atoms with Crippen LogP contribution in [0.4, 0.5) is 5.69 Å². The summed E-state index contributed by atoms with van der Waals surface area (Å²) in [5.41, 5.74) is 1.08. The second kappa shape index (κ2) is 8.85. The molecule has 29 heavy (non-hydrogen) atoms. The van der Waals surface area contributed by atoms with Crippen molar-refractivity contribution in [2.45, 2.75) is 45.1 Å². The summed E-state index contributed by atoms with van der Waals surface area (Å²) >= 11 is 0. The molecule has 0 bridgehead atoms. The Kier molecular flexibility index (Phi) is 6.26. The predicted molar refractivity (Wildman–Crippen MR) is 104 cm³/mol. The molecule has 1 aromatic carbocycles. The van der Waals surface area contributed by atoms with Gasteiger partial charge in [-0.2, -0.15) is 0 Å². The molecular weight excluding hydrogens is 376 g/mol. The van der Waals surface area contributed by atoms with Gasteiger partial charge in [0.25, 0.3) is 11.8 Å². The van der Waals surface area contributed by atoms with Gasteiger partial charge < -0.3 is 10.6 Å². The molecule has 0 radical (unpaired) electrons. The highest BCUT2D eigenvalue weighted by atomic mass is 16.2. The highest BCUT2D eigenvalue weighted by Gasteiger charge is 2.45. The van der Waals surface area contributed by atoms with E-state index in [2.05, 4.69) is 16.0 Å². The van der Waals surface area contributed by atoms with E-state index in [1.54, 1.807) is 18.2 Å². The number of rotatable bonds is 8. The lowest BCUT2D eigenvalue weighted by Crippen LogP contribution is -2.54. The Balaban J connectivity index is 1.63. The van der Waals surface area contributed by atoms with Crippen molar-refractivity contribution in [2.24, 2.45) is 0 Å². The number of benzene rings is 1. The number of hydrogen-bond donors (Lipinski definition) is 3. The second-order valence-electron chi connectivity index (χ2n) is 7.15. The number of nitrogens with zero attached hydrogens (tertiary/aromatic N) is 1. The first-order valence-electron chi connectivity index (χ1n) is 9.73. The van der Waals surface area contributed by atoms with Crippen LogP contribution in [0.5, 0.6) is 0 Å². The molecule has 1 atom stereocenters. The van der Waals surface area contributed by atoms with Gasteiger partial charge in [0.2, 0.25) is 17.7 Å². The van der Waals surface area contributed by atoms with Crippen LogP contribution in [0.25, 0.3) is 0 Å². The summed E-state index contributed by atoms with van der Waals surface area (Å²) in [5, 5.41) is 8.12. The molecule has 3 rings (SSSR count). The molecule has 5 amide bonds.